The number of anilines is 1. The van der Waals surface area contributed by atoms with Gasteiger partial charge in [0.15, 0.2) is 0 Å². The fourth-order valence-electron chi connectivity index (χ4n) is 5.90. The van der Waals surface area contributed by atoms with Gasteiger partial charge in [0.25, 0.3) is 0 Å². The summed E-state index contributed by atoms with van der Waals surface area (Å²) in [6.45, 7) is 0. The number of aldehydes is 1. The average Bonchev–Trinajstić information content (AvgIpc) is 3.05. The van der Waals surface area contributed by atoms with E-state index in [-0.39, 0.29) is 11.6 Å². The van der Waals surface area contributed by atoms with Crippen LogP contribution >= 0.6 is 0 Å². The highest BCUT2D eigenvalue weighted by Gasteiger charge is 2.68. The van der Waals surface area contributed by atoms with Crippen LogP contribution in [0, 0.1) is 17.7 Å². The van der Waals surface area contributed by atoms with E-state index in [0.29, 0.717) is 0 Å². The van der Waals surface area contributed by atoms with Crippen molar-refractivity contribution in [3.63, 3.8) is 0 Å². The van der Waals surface area contributed by atoms with Crippen molar-refractivity contribution in [3.8, 4) is 0 Å². The fraction of sp³-hybridized carbons (Fsp3) is 0.160. The molecule has 0 aromatic heterocycles. The lowest BCUT2D eigenvalue weighted by Gasteiger charge is -2.51. The number of halogens is 1. The van der Waals surface area contributed by atoms with Gasteiger partial charge in [-0.1, -0.05) is 60.7 Å². The molecule has 3 aromatic carbocycles. The second-order valence-corrected chi connectivity index (χ2v) is 8.11. The number of rotatable bonds is 2. The molecule has 4 nitrogen and oxygen atoms in total. The number of benzene rings is 3. The molecule has 2 bridgehead atoms. The van der Waals surface area contributed by atoms with Crippen molar-refractivity contribution in [2.75, 3.05) is 4.90 Å². The van der Waals surface area contributed by atoms with Crippen molar-refractivity contribution in [1.29, 1.82) is 0 Å². The van der Waals surface area contributed by atoms with Gasteiger partial charge in [0.05, 0.1) is 22.9 Å². The summed E-state index contributed by atoms with van der Waals surface area (Å²) in [5, 5.41) is 0. The van der Waals surface area contributed by atoms with Crippen LogP contribution in [0.1, 0.15) is 28.2 Å². The molecule has 0 saturated carbocycles. The Hall–Kier alpha value is -3.60. The molecule has 0 radical (unpaired) electrons. The molecule has 2 amide bonds. The quantitative estimate of drug-likeness (QED) is 0.491. The second-order valence-electron chi connectivity index (χ2n) is 8.11. The molecule has 30 heavy (non-hydrogen) atoms. The van der Waals surface area contributed by atoms with E-state index in [1.807, 2.05) is 48.5 Å². The first-order chi connectivity index (χ1) is 14.6. The molecule has 2 atom stereocenters. The van der Waals surface area contributed by atoms with Crippen LogP contribution in [0.25, 0.3) is 0 Å². The van der Waals surface area contributed by atoms with E-state index in [4.69, 9.17) is 0 Å². The van der Waals surface area contributed by atoms with Gasteiger partial charge in [-0.05, 0) is 34.4 Å². The van der Waals surface area contributed by atoms with E-state index in [0.717, 1.165) is 33.4 Å². The highest BCUT2D eigenvalue weighted by atomic mass is 19.1. The Morgan fingerprint density at radius 2 is 1.37 bits per heavy atom. The number of hydrogen-bond donors (Lipinski definition) is 0. The van der Waals surface area contributed by atoms with Gasteiger partial charge < -0.3 is 4.79 Å². The summed E-state index contributed by atoms with van der Waals surface area (Å²) in [7, 11) is 0. The average molecular weight is 397 g/mol. The standard InChI is InChI=1S/C25H16FNO3/c26-18-11-5-6-12-19(18)27-23(29)21-20-14-7-1-3-9-16(14)25(13-28,22(21)24(27)30)17-10-4-2-8-15(17)20/h1-13,20-22H/t20?,21-,22-,25?/m1/s1. The minimum Gasteiger partial charge on any atom is -0.302 e. The van der Waals surface area contributed by atoms with E-state index in [9.17, 15) is 18.8 Å². The molecular weight excluding hydrogens is 381 g/mol. The van der Waals surface area contributed by atoms with E-state index in [2.05, 4.69) is 0 Å². The Balaban J connectivity index is 1.67. The van der Waals surface area contributed by atoms with E-state index in [1.165, 1.54) is 18.2 Å². The molecule has 5 heteroatoms. The molecule has 1 fully saturated rings. The molecule has 0 N–H and O–H groups in total. The van der Waals surface area contributed by atoms with Gasteiger partial charge in [0.2, 0.25) is 11.8 Å². The summed E-state index contributed by atoms with van der Waals surface area (Å²) in [6.07, 6.45) is 0.813. The lowest BCUT2D eigenvalue weighted by molar-refractivity contribution is -0.128. The van der Waals surface area contributed by atoms with E-state index >= 15 is 0 Å². The molecule has 3 aromatic rings. The smallest absolute Gasteiger partial charge is 0.239 e. The molecule has 0 unspecified atom stereocenters. The SMILES string of the molecule is O=CC12c3ccccc3C(c3ccccc31)[C@H]1C(=O)N(c3ccccc3F)C(=O)[C@@H]12. The van der Waals surface area contributed by atoms with Crippen molar-refractivity contribution >= 4 is 23.8 Å². The van der Waals surface area contributed by atoms with Gasteiger partial charge >= 0.3 is 0 Å². The normalized spacial score (nSPS) is 28.2. The maximum Gasteiger partial charge on any atom is 0.239 e. The number of amides is 2. The summed E-state index contributed by atoms with van der Waals surface area (Å²) < 4.78 is 14.6. The van der Waals surface area contributed by atoms with Crippen molar-refractivity contribution in [2.45, 2.75) is 11.3 Å². The van der Waals surface area contributed by atoms with E-state index in [1.54, 1.807) is 6.07 Å². The molecule has 1 aliphatic heterocycles. The van der Waals surface area contributed by atoms with Crippen molar-refractivity contribution in [3.05, 3.63) is 101 Å². The first-order valence-electron chi connectivity index (χ1n) is 9.88. The first kappa shape index (κ1) is 17.3. The predicted molar refractivity (Wildman–Crippen MR) is 107 cm³/mol. The zero-order valence-electron chi connectivity index (χ0n) is 15.8. The summed E-state index contributed by atoms with van der Waals surface area (Å²) in [6, 6.07) is 20.8. The molecule has 146 valence electrons. The third kappa shape index (κ3) is 1.79. The van der Waals surface area contributed by atoms with Gasteiger partial charge in [-0.25, -0.2) is 9.29 Å². The predicted octanol–water partition coefficient (Wildman–Crippen LogP) is 3.58. The van der Waals surface area contributed by atoms with Crippen LogP contribution in [0.3, 0.4) is 0 Å². The minimum atomic E-state index is -1.26. The van der Waals surface area contributed by atoms with Gasteiger partial charge in [-0.3, -0.25) is 9.59 Å². The van der Waals surface area contributed by atoms with Crippen molar-refractivity contribution < 1.29 is 18.8 Å². The van der Waals surface area contributed by atoms with Crippen LogP contribution in [0.15, 0.2) is 72.8 Å². The van der Waals surface area contributed by atoms with E-state index < -0.39 is 34.9 Å². The lowest BCUT2D eigenvalue weighted by Crippen LogP contribution is -2.54. The van der Waals surface area contributed by atoms with Gasteiger partial charge in [-0.15, -0.1) is 0 Å². The molecular formula is C25H16FNO3. The number of hydrogen-bond acceptors (Lipinski definition) is 3. The largest absolute Gasteiger partial charge is 0.302 e. The number of nitrogens with zero attached hydrogens (tertiary/aromatic N) is 1. The third-order valence-electron chi connectivity index (χ3n) is 6.96. The van der Waals surface area contributed by atoms with Crippen molar-refractivity contribution in [1.82, 2.24) is 0 Å². The summed E-state index contributed by atoms with van der Waals surface area (Å²) in [5.41, 5.74) is 1.99. The van der Waals surface area contributed by atoms with Crippen LogP contribution < -0.4 is 4.90 Å². The summed E-state index contributed by atoms with van der Waals surface area (Å²) in [5.74, 6) is -3.59. The van der Waals surface area contributed by atoms with Gasteiger partial charge in [0, 0.05) is 5.92 Å². The Bertz CT molecular complexity index is 1220. The maximum atomic E-state index is 14.6. The Kier molecular flexibility index (Phi) is 3.30. The zero-order chi connectivity index (χ0) is 20.6. The van der Waals surface area contributed by atoms with Crippen LogP contribution in [0.4, 0.5) is 10.1 Å². The summed E-state index contributed by atoms with van der Waals surface area (Å²) in [4.78, 5) is 41.0. The molecule has 4 aliphatic rings. The molecule has 3 aliphatic carbocycles. The summed E-state index contributed by atoms with van der Waals surface area (Å²) >= 11 is 0. The van der Waals surface area contributed by atoms with Crippen LogP contribution in [0.5, 0.6) is 0 Å². The third-order valence-corrected chi connectivity index (χ3v) is 6.96. The van der Waals surface area contributed by atoms with Gasteiger partial charge in [-0.2, -0.15) is 0 Å². The van der Waals surface area contributed by atoms with Crippen LogP contribution in [-0.4, -0.2) is 18.1 Å². The van der Waals surface area contributed by atoms with Crippen molar-refractivity contribution in [2.24, 2.45) is 11.8 Å². The Labute approximate surface area is 171 Å². The number of carbonyl (C=O) groups is 3. The zero-order valence-corrected chi connectivity index (χ0v) is 15.8. The van der Waals surface area contributed by atoms with Crippen LogP contribution in [-0.2, 0) is 19.8 Å². The number of carbonyl (C=O) groups excluding carboxylic acids is 3. The molecule has 1 saturated heterocycles. The Morgan fingerprint density at radius 1 is 0.800 bits per heavy atom. The highest BCUT2D eigenvalue weighted by molar-refractivity contribution is 6.24. The fourth-order valence-corrected chi connectivity index (χ4v) is 5.90. The topological polar surface area (TPSA) is 54.5 Å². The molecule has 1 heterocycles. The second kappa shape index (κ2) is 5.72. The highest BCUT2D eigenvalue weighted by Crippen LogP contribution is 2.63. The monoisotopic (exact) mass is 397 g/mol. The molecule has 7 rings (SSSR count). The van der Waals surface area contributed by atoms with Gasteiger partial charge in [0.1, 0.15) is 12.1 Å². The number of para-hydroxylation sites is 1. The Morgan fingerprint density at radius 3 is 1.97 bits per heavy atom. The lowest BCUT2D eigenvalue weighted by atomic mass is 9.48. The van der Waals surface area contributed by atoms with Crippen LogP contribution in [0.2, 0.25) is 0 Å². The minimum absolute atomic E-state index is 0.0598. The number of imide groups is 1. The molecule has 0 spiro atoms. The maximum absolute atomic E-state index is 14.6. The first-order valence-corrected chi connectivity index (χ1v) is 9.88.